The molecule has 2 unspecified atom stereocenters. The van der Waals surface area contributed by atoms with Gasteiger partial charge in [-0.15, -0.1) is 0 Å². The van der Waals surface area contributed by atoms with Gasteiger partial charge in [-0.3, -0.25) is 4.90 Å². The molecule has 0 aromatic carbocycles. The van der Waals surface area contributed by atoms with Crippen molar-refractivity contribution >= 4 is 0 Å². The molecule has 1 aromatic rings. The molecule has 0 radical (unpaired) electrons. The summed E-state index contributed by atoms with van der Waals surface area (Å²) in [7, 11) is 0. The predicted molar refractivity (Wildman–Crippen MR) is 63.4 cm³/mol. The molecule has 0 bridgehead atoms. The Morgan fingerprint density at radius 2 is 2.25 bits per heavy atom. The van der Waals surface area contributed by atoms with Crippen LogP contribution >= 0.6 is 0 Å². The second-order valence-corrected chi connectivity index (χ2v) is 4.70. The number of aromatic nitrogens is 1. The van der Waals surface area contributed by atoms with Crippen molar-refractivity contribution in [1.82, 2.24) is 15.4 Å². The molecule has 4 heteroatoms. The van der Waals surface area contributed by atoms with Gasteiger partial charge in [0.05, 0.1) is 5.69 Å². The van der Waals surface area contributed by atoms with Crippen LogP contribution in [0.2, 0.25) is 0 Å². The van der Waals surface area contributed by atoms with Gasteiger partial charge in [0.15, 0.2) is 0 Å². The number of hydrogen-bond donors (Lipinski definition) is 1. The molecule has 2 heterocycles. The lowest BCUT2D eigenvalue weighted by Crippen LogP contribution is -2.50. The van der Waals surface area contributed by atoms with Gasteiger partial charge < -0.3 is 9.84 Å². The van der Waals surface area contributed by atoms with Crippen LogP contribution in [0.15, 0.2) is 4.52 Å². The maximum absolute atomic E-state index is 5.25. The first-order valence-electron chi connectivity index (χ1n) is 6.00. The number of aryl methyl sites for hydroxylation is 2. The quantitative estimate of drug-likeness (QED) is 0.827. The van der Waals surface area contributed by atoms with Gasteiger partial charge in [0.2, 0.25) is 0 Å². The zero-order valence-electron chi connectivity index (χ0n) is 10.6. The minimum absolute atomic E-state index is 0.392. The largest absolute Gasteiger partial charge is 0.361 e. The highest BCUT2D eigenvalue weighted by Gasteiger charge is 2.27. The Kier molecular flexibility index (Phi) is 3.30. The molecule has 2 rings (SSSR count). The maximum Gasteiger partial charge on any atom is 0.138 e. The highest BCUT2D eigenvalue weighted by atomic mass is 16.5. The van der Waals surface area contributed by atoms with Gasteiger partial charge >= 0.3 is 0 Å². The SMILES string of the molecule is Cc1noc(C)c1C(C)N1CCNCC1C. The van der Waals surface area contributed by atoms with Crippen molar-refractivity contribution in [3.05, 3.63) is 17.0 Å². The van der Waals surface area contributed by atoms with E-state index in [1.807, 2.05) is 13.8 Å². The van der Waals surface area contributed by atoms with Crippen molar-refractivity contribution in [3.63, 3.8) is 0 Å². The molecule has 16 heavy (non-hydrogen) atoms. The Hall–Kier alpha value is -0.870. The van der Waals surface area contributed by atoms with Crippen LogP contribution in [-0.4, -0.2) is 35.7 Å². The van der Waals surface area contributed by atoms with Crippen LogP contribution in [0.1, 0.15) is 36.9 Å². The molecule has 0 saturated carbocycles. The molecule has 2 atom stereocenters. The zero-order chi connectivity index (χ0) is 11.7. The molecule has 1 aliphatic heterocycles. The van der Waals surface area contributed by atoms with Crippen molar-refractivity contribution in [2.24, 2.45) is 0 Å². The Labute approximate surface area is 97.0 Å². The minimum Gasteiger partial charge on any atom is -0.361 e. The third-order valence-corrected chi connectivity index (χ3v) is 3.56. The molecule has 1 saturated heterocycles. The summed E-state index contributed by atoms with van der Waals surface area (Å²) in [6.07, 6.45) is 0. The van der Waals surface area contributed by atoms with Crippen molar-refractivity contribution in [1.29, 1.82) is 0 Å². The van der Waals surface area contributed by atoms with Gasteiger partial charge in [0, 0.05) is 37.3 Å². The fraction of sp³-hybridized carbons (Fsp3) is 0.750. The summed E-state index contributed by atoms with van der Waals surface area (Å²) in [4.78, 5) is 2.52. The van der Waals surface area contributed by atoms with E-state index in [0.29, 0.717) is 12.1 Å². The monoisotopic (exact) mass is 223 g/mol. The lowest BCUT2D eigenvalue weighted by molar-refractivity contribution is 0.125. The molecule has 1 aromatic heterocycles. The first-order valence-corrected chi connectivity index (χ1v) is 6.00. The van der Waals surface area contributed by atoms with Crippen LogP contribution in [0.3, 0.4) is 0 Å². The maximum atomic E-state index is 5.25. The average molecular weight is 223 g/mol. The van der Waals surface area contributed by atoms with E-state index in [-0.39, 0.29) is 0 Å². The van der Waals surface area contributed by atoms with Crippen molar-refractivity contribution < 1.29 is 4.52 Å². The summed E-state index contributed by atoms with van der Waals surface area (Å²) in [5.41, 5.74) is 2.28. The summed E-state index contributed by atoms with van der Waals surface area (Å²) < 4.78 is 5.25. The molecule has 0 aliphatic carbocycles. The van der Waals surface area contributed by atoms with Gasteiger partial charge in [0.25, 0.3) is 0 Å². The second kappa shape index (κ2) is 4.55. The van der Waals surface area contributed by atoms with Crippen LogP contribution in [0.5, 0.6) is 0 Å². The summed E-state index contributed by atoms with van der Waals surface area (Å²) in [5, 5.41) is 7.45. The molecule has 0 amide bonds. The molecule has 1 fully saturated rings. The van der Waals surface area contributed by atoms with Gasteiger partial charge in [-0.2, -0.15) is 0 Å². The minimum atomic E-state index is 0.392. The highest BCUT2D eigenvalue weighted by molar-refractivity contribution is 5.24. The van der Waals surface area contributed by atoms with Gasteiger partial charge in [-0.1, -0.05) is 5.16 Å². The van der Waals surface area contributed by atoms with Crippen LogP contribution < -0.4 is 5.32 Å². The first kappa shape index (κ1) is 11.6. The van der Waals surface area contributed by atoms with Crippen LogP contribution in [0.4, 0.5) is 0 Å². The van der Waals surface area contributed by atoms with Gasteiger partial charge in [-0.05, 0) is 27.7 Å². The second-order valence-electron chi connectivity index (χ2n) is 4.70. The molecule has 0 spiro atoms. The number of rotatable bonds is 2. The molecule has 4 nitrogen and oxygen atoms in total. The summed E-state index contributed by atoms with van der Waals surface area (Å²) in [5.74, 6) is 0.954. The number of nitrogens with one attached hydrogen (secondary N) is 1. The fourth-order valence-corrected chi connectivity index (χ4v) is 2.68. The van der Waals surface area contributed by atoms with E-state index in [0.717, 1.165) is 31.1 Å². The lowest BCUT2D eigenvalue weighted by Gasteiger charge is -2.38. The number of hydrogen-bond acceptors (Lipinski definition) is 4. The Morgan fingerprint density at radius 1 is 1.50 bits per heavy atom. The van der Waals surface area contributed by atoms with Gasteiger partial charge in [-0.25, -0.2) is 0 Å². The molecular weight excluding hydrogens is 202 g/mol. The van der Waals surface area contributed by atoms with E-state index < -0.39 is 0 Å². The first-order chi connectivity index (χ1) is 7.61. The molecule has 90 valence electrons. The topological polar surface area (TPSA) is 41.3 Å². The lowest BCUT2D eigenvalue weighted by atomic mass is 10.0. The molecule has 1 aliphatic rings. The number of piperazine rings is 1. The standard InChI is InChI=1S/C12H21N3O/c1-8-7-13-5-6-15(8)10(3)12-9(2)14-16-11(12)4/h8,10,13H,5-7H2,1-4H3. The predicted octanol–water partition coefficient (Wildman–Crippen LogP) is 1.65. The zero-order valence-corrected chi connectivity index (χ0v) is 10.6. The Balaban J connectivity index is 2.20. The van der Waals surface area contributed by atoms with Gasteiger partial charge in [0.1, 0.15) is 5.76 Å². The van der Waals surface area contributed by atoms with E-state index in [1.54, 1.807) is 0 Å². The summed E-state index contributed by atoms with van der Waals surface area (Å²) >= 11 is 0. The van der Waals surface area contributed by atoms with Crippen LogP contribution in [0.25, 0.3) is 0 Å². The Bertz CT molecular complexity index is 342. The average Bonchev–Trinajstić information content (AvgIpc) is 2.58. The van der Waals surface area contributed by atoms with Crippen molar-refractivity contribution in [2.75, 3.05) is 19.6 Å². The third-order valence-electron chi connectivity index (χ3n) is 3.56. The normalized spacial score (nSPS) is 24.6. The summed E-state index contributed by atoms with van der Waals surface area (Å²) in [6.45, 7) is 11.8. The molecular formula is C12H21N3O. The fourth-order valence-electron chi connectivity index (χ4n) is 2.68. The third kappa shape index (κ3) is 1.99. The molecule has 1 N–H and O–H groups in total. The van der Waals surface area contributed by atoms with E-state index in [9.17, 15) is 0 Å². The van der Waals surface area contributed by atoms with E-state index in [4.69, 9.17) is 4.52 Å². The number of nitrogens with zero attached hydrogens (tertiary/aromatic N) is 2. The van der Waals surface area contributed by atoms with E-state index >= 15 is 0 Å². The van der Waals surface area contributed by atoms with Crippen LogP contribution in [0, 0.1) is 13.8 Å². The van der Waals surface area contributed by atoms with Crippen LogP contribution in [-0.2, 0) is 0 Å². The van der Waals surface area contributed by atoms with E-state index in [2.05, 4.69) is 29.2 Å². The Morgan fingerprint density at radius 3 is 2.81 bits per heavy atom. The van der Waals surface area contributed by atoms with Crippen molar-refractivity contribution in [3.8, 4) is 0 Å². The smallest absolute Gasteiger partial charge is 0.138 e. The van der Waals surface area contributed by atoms with Crippen molar-refractivity contribution in [2.45, 2.75) is 39.8 Å². The summed E-state index contributed by atoms with van der Waals surface area (Å²) in [6, 6.07) is 0.959. The van der Waals surface area contributed by atoms with E-state index in [1.165, 1.54) is 5.56 Å². The highest BCUT2D eigenvalue weighted by Crippen LogP contribution is 2.28.